The number of carbonyl (C=O) groups is 1. The molecule has 4 rings (SSSR count). The van der Waals surface area contributed by atoms with Gasteiger partial charge in [0.15, 0.2) is 9.84 Å². The normalized spacial score (nSPS) is 16.4. The fourth-order valence-corrected chi connectivity index (χ4v) is 5.18. The number of aromatic amines is 1. The SMILES string of the molecule is CC(C(=O)N1CCC(c2ncccc2S(C)(=O)=O)CC1)c1n[nH]c(=O)c2ccccc12. The van der Waals surface area contributed by atoms with E-state index in [1.165, 1.54) is 6.26 Å². The predicted molar refractivity (Wildman–Crippen MR) is 117 cm³/mol. The molecule has 0 radical (unpaired) electrons. The molecule has 1 atom stereocenters. The molecule has 0 bridgehead atoms. The van der Waals surface area contributed by atoms with Crippen molar-refractivity contribution in [3.8, 4) is 0 Å². The van der Waals surface area contributed by atoms with Gasteiger partial charge in [-0.15, -0.1) is 0 Å². The van der Waals surface area contributed by atoms with Crippen LogP contribution in [0.25, 0.3) is 10.8 Å². The van der Waals surface area contributed by atoms with Crippen LogP contribution < -0.4 is 5.56 Å². The van der Waals surface area contributed by atoms with Crippen LogP contribution in [0.1, 0.15) is 43.0 Å². The van der Waals surface area contributed by atoms with Crippen molar-refractivity contribution < 1.29 is 13.2 Å². The number of amides is 1. The molecule has 1 saturated heterocycles. The van der Waals surface area contributed by atoms with Gasteiger partial charge in [-0.1, -0.05) is 18.2 Å². The average Bonchev–Trinajstić information content (AvgIpc) is 2.78. The number of nitrogens with zero attached hydrogens (tertiary/aromatic N) is 3. The van der Waals surface area contributed by atoms with E-state index in [0.29, 0.717) is 48.1 Å². The lowest BCUT2D eigenvalue weighted by molar-refractivity contribution is -0.133. The number of sulfone groups is 1. The molecule has 8 nitrogen and oxygen atoms in total. The zero-order valence-corrected chi connectivity index (χ0v) is 18.2. The maximum atomic E-state index is 13.2. The number of aromatic nitrogens is 3. The highest BCUT2D eigenvalue weighted by Gasteiger charge is 2.31. The van der Waals surface area contributed by atoms with E-state index >= 15 is 0 Å². The molecule has 162 valence electrons. The third kappa shape index (κ3) is 4.10. The monoisotopic (exact) mass is 440 g/mol. The molecule has 0 saturated carbocycles. The molecular formula is C22H24N4O4S. The Hall–Kier alpha value is -3.07. The van der Waals surface area contributed by atoms with Crippen LogP contribution in [0.2, 0.25) is 0 Å². The first-order chi connectivity index (χ1) is 14.8. The maximum Gasteiger partial charge on any atom is 0.272 e. The van der Waals surface area contributed by atoms with E-state index in [-0.39, 0.29) is 22.3 Å². The fourth-order valence-electron chi connectivity index (χ4n) is 4.25. The molecule has 31 heavy (non-hydrogen) atoms. The Kier molecular flexibility index (Phi) is 5.62. The van der Waals surface area contributed by atoms with E-state index < -0.39 is 15.8 Å². The lowest BCUT2D eigenvalue weighted by Crippen LogP contribution is -2.40. The third-order valence-corrected chi connectivity index (χ3v) is 7.04. The number of fused-ring (bicyclic) bond motifs is 1. The molecule has 3 heterocycles. The van der Waals surface area contributed by atoms with Crippen LogP contribution in [-0.2, 0) is 14.6 Å². The maximum absolute atomic E-state index is 13.2. The smallest absolute Gasteiger partial charge is 0.272 e. The number of H-pyrrole nitrogens is 1. The van der Waals surface area contributed by atoms with Crippen molar-refractivity contribution in [1.82, 2.24) is 20.1 Å². The zero-order valence-electron chi connectivity index (χ0n) is 17.4. The van der Waals surface area contributed by atoms with Gasteiger partial charge in [0, 0.05) is 36.8 Å². The Morgan fingerprint density at radius 3 is 2.48 bits per heavy atom. The summed E-state index contributed by atoms with van der Waals surface area (Å²) in [6.45, 7) is 2.81. The summed E-state index contributed by atoms with van der Waals surface area (Å²) >= 11 is 0. The lowest BCUT2D eigenvalue weighted by Gasteiger charge is -2.33. The lowest BCUT2D eigenvalue weighted by atomic mass is 9.91. The van der Waals surface area contributed by atoms with Gasteiger partial charge in [0.1, 0.15) is 0 Å². The number of likely N-dealkylation sites (tertiary alicyclic amines) is 1. The molecule has 0 aliphatic carbocycles. The van der Waals surface area contributed by atoms with Crippen LogP contribution in [0.4, 0.5) is 0 Å². The predicted octanol–water partition coefficient (Wildman–Crippen LogP) is 2.23. The minimum absolute atomic E-state index is 0.0164. The second-order valence-corrected chi connectivity index (χ2v) is 9.95. The topological polar surface area (TPSA) is 113 Å². The summed E-state index contributed by atoms with van der Waals surface area (Å²) in [5.41, 5.74) is 0.849. The number of benzene rings is 1. The van der Waals surface area contributed by atoms with E-state index in [1.807, 2.05) is 6.07 Å². The van der Waals surface area contributed by atoms with E-state index in [4.69, 9.17) is 0 Å². The standard InChI is InChI=1S/C22H24N4O4S/c1-14(19-16-6-3-4-7-17(16)21(27)25-24-19)22(28)26-12-9-15(10-13-26)20-18(31(2,29)30)8-5-11-23-20/h3-8,11,14-15H,9-10,12-13H2,1-2H3,(H,25,27). The average molecular weight is 441 g/mol. The zero-order chi connectivity index (χ0) is 22.2. The minimum atomic E-state index is -3.37. The molecule has 2 aromatic heterocycles. The van der Waals surface area contributed by atoms with E-state index in [2.05, 4.69) is 15.2 Å². The highest BCUT2D eigenvalue weighted by atomic mass is 32.2. The summed E-state index contributed by atoms with van der Waals surface area (Å²) in [6, 6.07) is 10.3. The van der Waals surface area contributed by atoms with Crippen LogP contribution in [0.15, 0.2) is 52.3 Å². The van der Waals surface area contributed by atoms with Gasteiger partial charge in [-0.25, -0.2) is 13.5 Å². The second kappa shape index (κ2) is 8.22. The first kappa shape index (κ1) is 21.2. The first-order valence-electron chi connectivity index (χ1n) is 10.2. The Balaban J connectivity index is 1.52. The summed E-state index contributed by atoms with van der Waals surface area (Å²) in [7, 11) is -3.37. The molecule has 0 spiro atoms. The molecule has 1 aliphatic heterocycles. The molecule has 1 aliphatic rings. The van der Waals surface area contributed by atoms with Crippen molar-refractivity contribution in [1.29, 1.82) is 0 Å². The summed E-state index contributed by atoms with van der Waals surface area (Å²) in [4.78, 5) is 31.6. The van der Waals surface area contributed by atoms with Gasteiger partial charge >= 0.3 is 0 Å². The molecule has 1 amide bonds. The van der Waals surface area contributed by atoms with Gasteiger partial charge in [0.2, 0.25) is 5.91 Å². The van der Waals surface area contributed by atoms with Crippen LogP contribution in [0, 0.1) is 0 Å². The van der Waals surface area contributed by atoms with Crippen molar-refractivity contribution >= 4 is 26.5 Å². The number of rotatable bonds is 4. The number of piperidine rings is 1. The van der Waals surface area contributed by atoms with Crippen molar-refractivity contribution in [2.75, 3.05) is 19.3 Å². The van der Waals surface area contributed by atoms with Crippen molar-refractivity contribution in [2.24, 2.45) is 0 Å². The number of hydrogen-bond acceptors (Lipinski definition) is 6. The second-order valence-electron chi connectivity index (χ2n) is 7.96. The largest absolute Gasteiger partial charge is 0.342 e. The molecule has 3 aromatic rings. The van der Waals surface area contributed by atoms with E-state index in [9.17, 15) is 18.0 Å². The van der Waals surface area contributed by atoms with Crippen LogP contribution in [0.5, 0.6) is 0 Å². The summed E-state index contributed by atoms with van der Waals surface area (Å²) < 4.78 is 24.2. The van der Waals surface area contributed by atoms with E-state index in [0.717, 1.165) is 0 Å². The van der Waals surface area contributed by atoms with Gasteiger partial charge in [-0.2, -0.15) is 5.10 Å². The molecular weight excluding hydrogens is 416 g/mol. The van der Waals surface area contributed by atoms with Crippen LogP contribution >= 0.6 is 0 Å². The molecule has 9 heteroatoms. The van der Waals surface area contributed by atoms with Gasteiger partial charge in [-0.3, -0.25) is 14.6 Å². The number of carbonyl (C=O) groups excluding carboxylic acids is 1. The summed E-state index contributed by atoms with van der Waals surface area (Å²) in [6.07, 6.45) is 4.07. The highest BCUT2D eigenvalue weighted by Crippen LogP contribution is 2.32. The quantitative estimate of drug-likeness (QED) is 0.666. The molecule has 1 unspecified atom stereocenters. The van der Waals surface area contributed by atoms with Gasteiger partial charge in [0.05, 0.1) is 27.6 Å². The number of pyridine rings is 1. The van der Waals surface area contributed by atoms with Gasteiger partial charge < -0.3 is 4.90 Å². The first-order valence-corrected chi connectivity index (χ1v) is 12.1. The fraction of sp³-hybridized carbons (Fsp3) is 0.364. The Morgan fingerprint density at radius 2 is 1.81 bits per heavy atom. The molecule has 1 aromatic carbocycles. The van der Waals surface area contributed by atoms with Crippen molar-refractivity contribution in [3.05, 3.63) is 64.3 Å². The Bertz CT molecular complexity index is 1290. The molecule has 1 fully saturated rings. The summed E-state index contributed by atoms with van der Waals surface area (Å²) in [5.74, 6) is -0.593. The highest BCUT2D eigenvalue weighted by molar-refractivity contribution is 7.90. The Labute approximate surface area is 180 Å². The van der Waals surface area contributed by atoms with Crippen molar-refractivity contribution in [3.63, 3.8) is 0 Å². The summed E-state index contributed by atoms with van der Waals surface area (Å²) in [5, 5.41) is 7.83. The van der Waals surface area contributed by atoms with Crippen molar-refractivity contribution in [2.45, 2.75) is 36.5 Å². The third-order valence-electron chi connectivity index (χ3n) is 5.90. The minimum Gasteiger partial charge on any atom is -0.342 e. The number of hydrogen-bond donors (Lipinski definition) is 1. The molecule has 1 N–H and O–H groups in total. The Morgan fingerprint density at radius 1 is 1.13 bits per heavy atom. The van der Waals surface area contributed by atoms with Gasteiger partial charge in [0.25, 0.3) is 5.56 Å². The number of nitrogens with one attached hydrogen (secondary N) is 1. The van der Waals surface area contributed by atoms with Gasteiger partial charge in [-0.05, 0) is 38.0 Å². The van der Waals surface area contributed by atoms with E-state index in [1.54, 1.807) is 48.4 Å². The van der Waals surface area contributed by atoms with Crippen LogP contribution in [-0.4, -0.2) is 53.8 Å². The van der Waals surface area contributed by atoms with Crippen LogP contribution in [0.3, 0.4) is 0 Å².